The van der Waals surface area contributed by atoms with Gasteiger partial charge >= 0.3 is 5.97 Å². The van der Waals surface area contributed by atoms with Crippen LogP contribution in [0.3, 0.4) is 0 Å². The number of carbonyl (C=O) groups is 1. The molecular weight excluding hydrogens is 210 g/mol. The van der Waals surface area contributed by atoms with Crippen LogP contribution < -0.4 is 5.32 Å². The minimum Gasteiger partial charge on any atom is -0.478 e. The number of nitrogens with one attached hydrogen (secondary N) is 1. The molecule has 2 N–H and O–H groups in total. The Morgan fingerprint density at radius 3 is 3.00 bits per heavy atom. The minimum absolute atomic E-state index is 0.400. The summed E-state index contributed by atoms with van der Waals surface area (Å²) in [5.41, 5.74) is 0.400. The fraction of sp³-hybridized carbons (Fsp3) is 0.545. The van der Waals surface area contributed by atoms with Crippen LogP contribution in [-0.4, -0.2) is 17.6 Å². The summed E-state index contributed by atoms with van der Waals surface area (Å²) in [4.78, 5) is 11.7. The van der Waals surface area contributed by atoms with Crippen molar-refractivity contribution in [3.8, 4) is 0 Å². The zero-order valence-electron chi connectivity index (χ0n) is 8.69. The number of hydrogen-bond donors (Lipinski definition) is 2. The molecule has 1 fully saturated rings. The van der Waals surface area contributed by atoms with E-state index in [2.05, 4.69) is 12.2 Å². The van der Waals surface area contributed by atoms with Crippen LogP contribution in [0.1, 0.15) is 28.6 Å². The van der Waals surface area contributed by atoms with E-state index in [-0.39, 0.29) is 0 Å². The fourth-order valence-corrected chi connectivity index (χ4v) is 2.48. The van der Waals surface area contributed by atoms with Crippen molar-refractivity contribution in [3.05, 3.63) is 21.9 Å². The topological polar surface area (TPSA) is 49.3 Å². The van der Waals surface area contributed by atoms with Gasteiger partial charge in [0, 0.05) is 16.8 Å². The molecule has 1 aliphatic rings. The van der Waals surface area contributed by atoms with Gasteiger partial charge in [-0.05, 0) is 30.9 Å². The van der Waals surface area contributed by atoms with Crippen molar-refractivity contribution in [2.75, 3.05) is 6.54 Å². The van der Waals surface area contributed by atoms with Gasteiger partial charge in [0.2, 0.25) is 0 Å². The predicted octanol–water partition coefficient (Wildman–Crippen LogP) is 2.19. The zero-order chi connectivity index (χ0) is 10.8. The molecule has 2 rings (SSSR count). The third kappa shape index (κ3) is 2.79. The summed E-state index contributed by atoms with van der Waals surface area (Å²) in [5.74, 6) is 0.868. The van der Waals surface area contributed by atoms with Crippen molar-refractivity contribution in [3.63, 3.8) is 0 Å². The molecule has 0 spiro atoms. The highest BCUT2D eigenvalue weighted by Gasteiger charge is 2.31. The van der Waals surface area contributed by atoms with E-state index in [1.165, 1.54) is 17.8 Å². The third-order valence-electron chi connectivity index (χ3n) is 2.88. The van der Waals surface area contributed by atoms with Crippen LogP contribution in [0.5, 0.6) is 0 Å². The van der Waals surface area contributed by atoms with Crippen molar-refractivity contribution >= 4 is 17.3 Å². The first-order chi connectivity index (χ1) is 7.16. The van der Waals surface area contributed by atoms with Crippen LogP contribution in [0.25, 0.3) is 0 Å². The van der Waals surface area contributed by atoms with Crippen LogP contribution in [0.15, 0.2) is 11.4 Å². The standard InChI is InChI=1S/C11H15NO2S/c1-7-2-8(7)4-12-5-10-3-9(6-15-10)11(13)14/h3,6-8,12H,2,4-5H2,1H3,(H,13,14). The lowest BCUT2D eigenvalue weighted by Crippen LogP contribution is -2.16. The van der Waals surface area contributed by atoms with E-state index in [0.29, 0.717) is 5.56 Å². The molecule has 1 heterocycles. The molecule has 0 bridgehead atoms. The van der Waals surface area contributed by atoms with Gasteiger partial charge < -0.3 is 10.4 Å². The Kier molecular flexibility index (Phi) is 3.07. The second-order valence-corrected chi connectivity index (χ2v) is 5.21. The fourth-order valence-electron chi connectivity index (χ4n) is 1.65. The van der Waals surface area contributed by atoms with E-state index in [1.807, 2.05) is 0 Å². The van der Waals surface area contributed by atoms with E-state index in [4.69, 9.17) is 5.11 Å². The number of thiophene rings is 1. The lowest BCUT2D eigenvalue weighted by atomic mass is 10.3. The highest BCUT2D eigenvalue weighted by atomic mass is 32.1. The Bertz CT molecular complexity index is 361. The molecule has 0 aliphatic heterocycles. The molecule has 0 radical (unpaired) electrons. The van der Waals surface area contributed by atoms with Gasteiger partial charge in [-0.3, -0.25) is 0 Å². The number of carboxylic acids is 1. The van der Waals surface area contributed by atoms with Crippen molar-refractivity contribution in [2.45, 2.75) is 19.9 Å². The van der Waals surface area contributed by atoms with Crippen molar-refractivity contribution in [1.29, 1.82) is 0 Å². The van der Waals surface area contributed by atoms with Gasteiger partial charge in [-0.25, -0.2) is 4.79 Å². The maximum absolute atomic E-state index is 10.6. The second-order valence-electron chi connectivity index (χ2n) is 4.21. The van der Waals surface area contributed by atoms with Gasteiger partial charge in [-0.2, -0.15) is 0 Å². The molecule has 82 valence electrons. The quantitative estimate of drug-likeness (QED) is 0.807. The normalized spacial score (nSPS) is 24.1. The third-order valence-corrected chi connectivity index (χ3v) is 3.82. The van der Waals surface area contributed by atoms with E-state index < -0.39 is 5.97 Å². The monoisotopic (exact) mass is 225 g/mol. The van der Waals surface area contributed by atoms with Crippen LogP contribution in [0.4, 0.5) is 0 Å². The van der Waals surface area contributed by atoms with Crippen molar-refractivity contribution in [1.82, 2.24) is 5.32 Å². The van der Waals surface area contributed by atoms with E-state index in [1.54, 1.807) is 11.4 Å². The zero-order valence-corrected chi connectivity index (χ0v) is 9.51. The highest BCUT2D eigenvalue weighted by molar-refractivity contribution is 7.10. The van der Waals surface area contributed by atoms with Crippen molar-refractivity contribution in [2.24, 2.45) is 11.8 Å². The van der Waals surface area contributed by atoms with Gasteiger partial charge in [-0.1, -0.05) is 6.92 Å². The summed E-state index contributed by atoms with van der Waals surface area (Å²) < 4.78 is 0. The van der Waals surface area contributed by atoms with E-state index >= 15 is 0 Å². The first-order valence-corrected chi connectivity index (χ1v) is 6.06. The molecule has 0 aromatic carbocycles. The minimum atomic E-state index is -0.840. The average Bonchev–Trinajstić information content (AvgIpc) is 2.71. The Hall–Kier alpha value is -0.870. The second kappa shape index (κ2) is 4.33. The van der Waals surface area contributed by atoms with Gasteiger partial charge in [0.1, 0.15) is 0 Å². The molecule has 0 amide bonds. The highest BCUT2D eigenvalue weighted by Crippen LogP contribution is 2.36. The van der Waals surface area contributed by atoms with Gasteiger partial charge in [0.25, 0.3) is 0 Å². The summed E-state index contributed by atoms with van der Waals surface area (Å²) >= 11 is 1.51. The van der Waals surface area contributed by atoms with E-state index in [0.717, 1.165) is 29.8 Å². The van der Waals surface area contributed by atoms with Gasteiger partial charge in [0.15, 0.2) is 0 Å². The van der Waals surface area contributed by atoms with Gasteiger partial charge in [0.05, 0.1) is 5.56 Å². The number of aromatic carboxylic acids is 1. The molecule has 0 saturated heterocycles. The van der Waals surface area contributed by atoms with Crippen LogP contribution in [0.2, 0.25) is 0 Å². The summed E-state index contributed by atoms with van der Waals surface area (Å²) in [5, 5.41) is 13.8. The molecule has 4 heteroatoms. The summed E-state index contributed by atoms with van der Waals surface area (Å²) in [6.07, 6.45) is 1.33. The summed E-state index contributed by atoms with van der Waals surface area (Å²) in [7, 11) is 0. The molecule has 15 heavy (non-hydrogen) atoms. The maximum Gasteiger partial charge on any atom is 0.336 e. The average molecular weight is 225 g/mol. The number of hydrogen-bond acceptors (Lipinski definition) is 3. The van der Waals surface area contributed by atoms with Crippen molar-refractivity contribution < 1.29 is 9.90 Å². The number of rotatable bonds is 5. The maximum atomic E-state index is 10.6. The Morgan fingerprint density at radius 2 is 2.47 bits per heavy atom. The molecule has 2 unspecified atom stereocenters. The molecular formula is C11H15NO2S. The van der Waals surface area contributed by atoms with Crippen LogP contribution in [-0.2, 0) is 6.54 Å². The molecule has 1 aromatic rings. The van der Waals surface area contributed by atoms with Crippen LogP contribution in [0, 0.1) is 11.8 Å². The molecule has 2 atom stereocenters. The smallest absolute Gasteiger partial charge is 0.336 e. The first kappa shape index (κ1) is 10.6. The first-order valence-electron chi connectivity index (χ1n) is 5.18. The lowest BCUT2D eigenvalue weighted by molar-refractivity contribution is 0.0697. The molecule has 1 aromatic heterocycles. The summed E-state index contributed by atoms with van der Waals surface area (Å²) in [6, 6.07) is 1.75. The number of carboxylic acid groups (broad SMARTS) is 1. The summed E-state index contributed by atoms with van der Waals surface area (Å²) in [6.45, 7) is 4.11. The Labute approximate surface area is 93.1 Å². The SMILES string of the molecule is CC1CC1CNCc1cc(C(=O)O)cs1. The predicted molar refractivity (Wildman–Crippen MR) is 60.3 cm³/mol. The molecule has 1 aliphatic carbocycles. The molecule has 1 saturated carbocycles. The Morgan fingerprint density at radius 1 is 1.73 bits per heavy atom. The largest absolute Gasteiger partial charge is 0.478 e. The van der Waals surface area contributed by atoms with Gasteiger partial charge in [-0.15, -0.1) is 11.3 Å². The Balaban J connectivity index is 1.75. The molecule has 3 nitrogen and oxygen atoms in total. The lowest BCUT2D eigenvalue weighted by Gasteiger charge is -2.00. The van der Waals surface area contributed by atoms with Crippen LogP contribution >= 0.6 is 11.3 Å². The van der Waals surface area contributed by atoms with E-state index in [9.17, 15) is 4.79 Å².